The molecule has 0 heterocycles. The predicted molar refractivity (Wildman–Crippen MR) is 96.0 cm³/mol. The Balaban J connectivity index is 2.75. The summed E-state index contributed by atoms with van der Waals surface area (Å²) in [6, 6.07) is 8.14. The molecule has 1 aromatic carbocycles. The van der Waals surface area contributed by atoms with Crippen LogP contribution in [0.1, 0.15) is 46.1 Å². The molecule has 0 aliphatic rings. The first-order chi connectivity index (χ1) is 10.9. The van der Waals surface area contributed by atoms with E-state index < -0.39 is 0 Å². The Morgan fingerprint density at radius 1 is 1.13 bits per heavy atom. The molecule has 0 spiro atoms. The molecule has 2 unspecified atom stereocenters. The van der Waals surface area contributed by atoms with E-state index in [-0.39, 0.29) is 17.7 Å². The molecule has 1 amide bonds. The van der Waals surface area contributed by atoms with E-state index in [0.29, 0.717) is 12.6 Å². The van der Waals surface area contributed by atoms with Gasteiger partial charge >= 0.3 is 0 Å². The standard InChI is InChI=1S/C19H32N2O2/c1-7-21(8-2)15(5)13-20-19(22)18(14(3)4)16-9-11-17(23-6)12-10-16/h9-12,14-15,18H,7-8,13H2,1-6H3,(H,20,22). The molecule has 0 fully saturated rings. The van der Waals surface area contributed by atoms with Crippen LogP contribution < -0.4 is 10.1 Å². The zero-order chi connectivity index (χ0) is 17.4. The van der Waals surface area contributed by atoms with Crippen LogP contribution in [0.4, 0.5) is 0 Å². The van der Waals surface area contributed by atoms with Gasteiger partial charge in [-0.1, -0.05) is 39.8 Å². The number of amides is 1. The fourth-order valence-electron chi connectivity index (χ4n) is 2.98. The first-order valence-electron chi connectivity index (χ1n) is 8.60. The normalized spacial score (nSPS) is 13.9. The van der Waals surface area contributed by atoms with Crippen LogP contribution in [0.5, 0.6) is 5.75 Å². The molecule has 0 aliphatic heterocycles. The lowest BCUT2D eigenvalue weighted by molar-refractivity contribution is -0.123. The fraction of sp³-hybridized carbons (Fsp3) is 0.632. The van der Waals surface area contributed by atoms with Crippen LogP contribution in [0.3, 0.4) is 0 Å². The number of rotatable bonds is 9. The van der Waals surface area contributed by atoms with Crippen molar-refractivity contribution in [3.05, 3.63) is 29.8 Å². The Labute approximate surface area is 141 Å². The first-order valence-corrected chi connectivity index (χ1v) is 8.60. The molecule has 0 aromatic heterocycles. The molecule has 0 aliphatic carbocycles. The molecule has 2 atom stereocenters. The second-order valence-electron chi connectivity index (χ2n) is 6.31. The van der Waals surface area contributed by atoms with E-state index in [1.807, 2.05) is 24.3 Å². The lowest BCUT2D eigenvalue weighted by Gasteiger charge is -2.28. The van der Waals surface area contributed by atoms with Crippen molar-refractivity contribution in [1.29, 1.82) is 0 Å². The average Bonchev–Trinajstić information content (AvgIpc) is 2.54. The van der Waals surface area contributed by atoms with Gasteiger partial charge in [0.05, 0.1) is 13.0 Å². The van der Waals surface area contributed by atoms with Crippen molar-refractivity contribution in [3.63, 3.8) is 0 Å². The summed E-state index contributed by atoms with van der Waals surface area (Å²) in [5.41, 5.74) is 1.04. The summed E-state index contributed by atoms with van der Waals surface area (Å²) in [5, 5.41) is 3.13. The van der Waals surface area contributed by atoms with Gasteiger partial charge in [-0.3, -0.25) is 9.69 Å². The number of nitrogens with zero attached hydrogens (tertiary/aromatic N) is 1. The number of methoxy groups -OCH3 is 1. The van der Waals surface area contributed by atoms with Crippen molar-refractivity contribution in [3.8, 4) is 5.75 Å². The van der Waals surface area contributed by atoms with Gasteiger partial charge in [-0.15, -0.1) is 0 Å². The SMILES string of the molecule is CCN(CC)C(C)CNC(=O)C(c1ccc(OC)cc1)C(C)C. The third kappa shape index (κ3) is 5.54. The highest BCUT2D eigenvalue weighted by molar-refractivity contribution is 5.84. The van der Waals surface area contributed by atoms with Crippen LogP contribution in [0.15, 0.2) is 24.3 Å². The second-order valence-corrected chi connectivity index (χ2v) is 6.31. The molecule has 4 heteroatoms. The second kappa shape index (κ2) is 9.56. The highest BCUT2D eigenvalue weighted by Crippen LogP contribution is 2.26. The predicted octanol–water partition coefficient (Wildman–Crippen LogP) is 3.28. The number of benzene rings is 1. The van der Waals surface area contributed by atoms with Crippen LogP contribution in [0.25, 0.3) is 0 Å². The van der Waals surface area contributed by atoms with Gasteiger partial charge in [0.2, 0.25) is 5.91 Å². The molecular formula is C19H32N2O2. The molecule has 0 saturated heterocycles. The first kappa shape index (κ1) is 19.5. The van der Waals surface area contributed by atoms with Gasteiger partial charge in [-0.25, -0.2) is 0 Å². The third-order valence-corrected chi connectivity index (χ3v) is 4.43. The quantitative estimate of drug-likeness (QED) is 0.759. The minimum Gasteiger partial charge on any atom is -0.497 e. The van der Waals surface area contributed by atoms with Crippen LogP contribution in [-0.4, -0.2) is 43.6 Å². The lowest BCUT2D eigenvalue weighted by atomic mass is 9.87. The molecule has 0 radical (unpaired) electrons. The maximum absolute atomic E-state index is 12.7. The highest BCUT2D eigenvalue weighted by Gasteiger charge is 2.24. The third-order valence-electron chi connectivity index (χ3n) is 4.43. The Morgan fingerprint density at radius 3 is 2.13 bits per heavy atom. The maximum atomic E-state index is 12.7. The van der Waals surface area contributed by atoms with Crippen LogP contribution in [-0.2, 0) is 4.79 Å². The number of carbonyl (C=O) groups is 1. The van der Waals surface area contributed by atoms with Gasteiger partial charge in [0.1, 0.15) is 5.75 Å². The lowest BCUT2D eigenvalue weighted by Crippen LogP contribution is -2.43. The number of likely N-dealkylation sites (N-methyl/N-ethyl adjacent to an activating group) is 1. The van der Waals surface area contributed by atoms with E-state index in [2.05, 4.69) is 44.8 Å². The van der Waals surface area contributed by atoms with E-state index in [0.717, 1.165) is 24.4 Å². The molecular weight excluding hydrogens is 288 g/mol. The summed E-state index contributed by atoms with van der Waals surface area (Å²) in [6.07, 6.45) is 0. The monoisotopic (exact) mass is 320 g/mol. The molecule has 130 valence electrons. The van der Waals surface area contributed by atoms with E-state index in [4.69, 9.17) is 4.74 Å². The van der Waals surface area contributed by atoms with Crippen molar-refractivity contribution in [2.75, 3.05) is 26.7 Å². The fourth-order valence-corrected chi connectivity index (χ4v) is 2.98. The largest absolute Gasteiger partial charge is 0.497 e. The topological polar surface area (TPSA) is 41.6 Å². The van der Waals surface area contributed by atoms with Gasteiger partial charge in [0.25, 0.3) is 0 Å². The van der Waals surface area contributed by atoms with Crippen molar-refractivity contribution in [1.82, 2.24) is 10.2 Å². The number of carbonyl (C=O) groups excluding carboxylic acids is 1. The maximum Gasteiger partial charge on any atom is 0.227 e. The Kier molecular flexibility index (Phi) is 8.10. The minimum absolute atomic E-state index is 0.101. The number of nitrogens with one attached hydrogen (secondary N) is 1. The number of hydrogen-bond acceptors (Lipinski definition) is 3. The van der Waals surface area contributed by atoms with Gasteiger partial charge < -0.3 is 10.1 Å². The molecule has 1 rings (SSSR count). The van der Waals surface area contributed by atoms with E-state index in [1.165, 1.54) is 0 Å². The number of ether oxygens (including phenoxy) is 1. The summed E-state index contributed by atoms with van der Waals surface area (Å²) >= 11 is 0. The Hall–Kier alpha value is -1.55. The highest BCUT2D eigenvalue weighted by atomic mass is 16.5. The molecule has 0 bridgehead atoms. The van der Waals surface area contributed by atoms with Crippen LogP contribution in [0, 0.1) is 5.92 Å². The smallest absolute Gasteiger partial charge is 0.227 e. The van der Waals surface area contributed by atoms with Crippen LogP contribution in [0.2, 0.25) is 0 Å². The van der Waals surface area contributed by atoms with Gasteiger partial charge in [-0.2, -0.15) is 0 Å². The van der Waals surface area contributed by atoms with E-state index in [1.54, 1.807) is 7.11 Å². The Bertz CT molecular complexity index is 467. The summed E-state index contributed by atoms with van der Waals surface area (Å²) < 4.78 is 5.19. The molecule has 23 heavy (non-hydrogen) atoms. The zero-order valence-corrected chi connectivity index (χ0v) is 15.4. The van der Waals surface area contributed by atoms with Crippen molar-refractivity contribution < 1.29 is 9.53 Å². The molecule has 4 nitrogen and oxygen atoms in total. The number of hydrogen-bond donors (Lipinski definition) is 1. The van der Waals surface area contributed by atoms with Crippen molar-refractivity contribution in [2.45, 2.75) is 46.6 Å². The minimum atomic E-state index is -0.134. The molecule has 1 N–H and O–H groups in total. The summed E-state index contributed by atoms with van der Waals surface area (Å²) in [7, 11) is 1.65. The molecule has 1 aromatic rings. The van der Waals surface area contributed by atoms with Gasteiger partial charge in [0, 0.05) is 12.6 Å². The van der Waals surface area contributed by atoms with Gasteiger partial charge in [0.15, 0.2) is 0 Å². The van der Waals surface area contributed by atoms with E-state index >= 15 is 0 Å². The van der Waals surface area contributed by atoms with Crippen molar-refractivity contribution in [2.24, 2.45) is 5.92 Å². The Morgan fingerprint density at radius 2 is 1.70 bits per heavy atom. The summed E-state index contributed by atoms with van der Waals surface area (Å²) in [5.74, 6) is 1.02. The van der Waals surface area contributed by atoms with Crippen LogP contribution >= 0.6 is 0 Å². The summed E-state index contributed by atoms with van der Waals surface area (Å²) in [4.78, 5) is 15.0. The van der Waals surface area contributed by atoms with Gasteiger partial charge in [-0.05, 0) is 43.6 Å². The summed E-state index contributed by atoms with van der Waals surface area (Å²) in [6.45, 7) is 13.3. The zero-order valence-electron chi connectivity index (χ0n) is 15.4. The van der Waals surface area contributed by atoms with Crippen molar-refractivity contribution >= 4 is 5.91 Å². The molecule has 0 saturated carbocycles. The average molecular weight is 320 g/mol. The van der Waals surface area contributed by atoms with E-state index in [9.17, 15) is 4.79 Å².